The Morgan fingerprint density at radius 3 is 2.79 bits per heavy atom. The van der Waals surface area contributed by atoms with E-state index in [0.717, 1.165) is 38.3 Å². The molecule has 2 N–H and O–H groups in total. The molecule has 1 atom stereocenters. The lowest BCUT2D eigenvalue weighted by Crippen LogP contribution is -2.48. The van der Waals surface area contributed by atoms with Gasteiger partial charge in [-0.05, 0) is 33.4 Å². The molecule has 1 unspecified atom stereocenters. The minimum absolute atomic E-state index is 0.170. The number of nitrogens with one attached hydrogen (secondary N) is 1. The van der Waals surface area contributed by atoms with Crippen LogP contribution in [0.25, 0.3) is 0 Å². The van der Waals surface area contributed by atoms with Crippen LogP contribution < -0.4 is 5.32 Å². The smallest absolute Gasteiger partial charge is 0.122 e. The predicted molar refractivity (Wildman–Crippen MR) is 77.9 cm³/mol. The molecule has 5 nitrogen and oxygen atoms in total. The van der Waals surface area contributed by atoms with Crippen LogP contribution >= 0.6 is 0 Å². The summed E-state index contributed by atoms with van der Waals surface area (Å²) in [4.78, 5) is 6.57. The number of rotatable bonds is 9. The van der Waals surface area contributed by atoms with Crippen molar-refractivity contribution in [1.29, 1.82) is 0 Å². The van der Waals surface area contributed by atoms with Gasteiger partial charge in [-0.15, -0.1) is 0 Å². The number of aromatic nitrogens is 2. The first-order valence-electron chi connectivity index (χ1n) is 7.01. The number of aliphatic hydroxyl groups is 1. The van der Waals surface area contributed by atoms with Gasteiger partial charge in [-0.2, -0.15) is 0 Å². The van der Waals surface area contributed by atoms with E-state index in [0.29, 0.717) is 0 Å². The molecule has 0 aliphatic carbocycles. The van der Waals surface area contributed by atoms with Crippen LogP contribution in [0.1, 0.15) is 32.5 Å². The average molecular weight is 268 g/mol. The van der Waals surface area contributed by atoms with E-state index in [1.807, 2.05) is 24.0 Å². The van der Waals surface area contributed by atoms with Crippen molar-refractivity contribution in [3.8, 4) is 0 Å². The van der Waals surface area contributed by atoms with Crippen LogP contribution in [0.4, 0.5) is 0 Å². The minimum atomic E-state index is -0.189. The second-order valence-corrected chi connectivity index (χ2v) is 5.59. The molecule has 0 aromatic carbocycles. The van der Waals surface area contributed by atoms with Gasteiger partial charge >= 0.3 is 0 Å². The van der Waals surface area contributed by atoms with Crippen LogP contribution in [0.5, 0.6) is 0 Å². The van der Waals surface area contributed by atoms with Crippen molar-refractivity contribution in [3.63, 3.8) is 0 Å². The van der Waals surface area contributed by atoms with Crippen LogP contribution in [-0.4, -0.2) is 51.8 Å². The summed E-state index contributed by atoms with van der Waals surface area (Å²) in [5.41, 5.74) is -0.189. The second-order valence-electron chi connectivity index (χ2n) is 5.59. The van der Waals surface area contributed by atoms with E-state index >= 15 is 0 Å². The lowest BCUT2D eigenvalue weighted by molar-refractivity contribution is 0.149. The van der Waals surface area contributed by atoms with Crippen molar-refractivity contribution in [2.24, 2.45) is 7.05 Å². The topological polar surface area (TPSA) is 53.3 Å². The van der Waals surface area contributed by atoms with E-state index in [-0.39, 0.29) is 12.1 Å². The Bertz CT molecular complexity index is 366. The van der Waals surface area contributed by atoms with Crippen LogP contribution in [-0.2, 0) is 13.6 Å². The van der Waals surface area contributed by atoms with E-state index < -0.39 is 0 Å². The van der Waals surface area contributed by atoms with Gasteiger partial charge in [0.05, 0.1) is 13.2 Å². The molecule has 0 saturated carbocycles. The fourth-order valence-corrected chi connectivity index (χ4v) is 1.96. The quantitative estimate of drug-likeness (QED) is 0.701. The second kappa shape index (κ2) is 7.62. The molecular formula is C14H28N4O. The lowest BCUT2D eigenvalue weighted by atomic mass is 9.98. The molecule has 0 fully saturated rings. The summed E-state index contributed by atoms with van der Waals surface area (Å²) in [5, 5.41) is 13.0. The van der Waals surface area contributed by atoms with Crippen molar-refractivity contribution in [1.82, 2.24) is 19.8 Å². The summed E-state index contributed by atoms with van der Waals surface area (Å²) in [5.74, 6) is 1.06. The highest BCUT2D eigenvalue weighted by molar-refractivity contribution is 4.91. The highest BCUT2D eigenvalue weighted by atomic mass is 16.3. The van der Waals surface area contributed by atoms with Crippen molar-refractivity contribution in [3.05, 3.63) is 18.2 Å². The predicted octanol–water partition coefficient (Wildman–Crippen LogP) is 0.993. The van der Waals surface area contributed by atoms with Gasteiger partial charge in [0.2, 0.25) is 0 Å². The van der Waals surface area contributed by atoms with Crippen LogP contribution in [0, 0.1) is 0 Å². The molecule has 1 aromatic heterocycles. The van der Waals surface area contributed by atoms with E-state index in [1.54, 1.807) is 0 Å². The van der Waals surface area contributed by atoms with Crippen LogP contribution in [0.15, 0.2) is 12.4 Å². The molecule has 5 heteroatoms. The summed E-state index contributed by atoms with van der Waals surface area (Å²) < 4.78 is 2.04. The van der Waals surface area contributed by atoms with Crippen molar-refractivity contribution < 1.29 is 5.11 Å². The molecule has 0 radical (unpaired) electrons. The molecule has 0 saturated heterocycles. The van der Waals surface area contributed by atoms with Gasteiger partial charge < -0.3 is 15.0 Å². The van der Waals surface area contributed by atoms with Gasteiger partial charge in [-0.25, -0.2) is 4.98 Å². The number of hydrogen-bond donors (Lipinski definition) is 2. The Labute approximate surface area is 116 Å². The molecule has 19 heavy (non-hydrogen) atoms. The SMILES string of the molecule is CCCNC(C)(CO)CCN(C)Cc1nccn1C. The third-order valence-electron chi connectivity index (χ3n) is 3.53. The summed E-state index contributed by atoms with van der Waals surface area (Å²) in [6.07, 6.45) is 5.79. The average Bonchev–Trinajstić information content (AvgIpc) is 2.80. The molecule has 1 rings (SSSR count). The first-order chi connectivity index (χ1) is 9.00. The zero-order chi connectivity index (χ0) is 14.3. The van der Waals surface area contributed by atoms with Crippen molar-refractivity contribution >= 4 is 0 Å². The first-order valence-corrected chi connectivity index (χ1v) is 7.01. The Hall–Kier alpha value is -0.910. The monoisotopic (exact) mass is 268 g/mol. The van der Waals surface area contributed by atoms with Crippen molar-refractivity contribution in [2.45, 2.75) is 38.8 Å². The summed E-state index contributed by atoms with van der Waals surface area (Å²) >= 11 is 0. The van der Waals surface area contributed by atoms with E-state index in [1.165, 1.54) is 0 Å². The molecular weight excluding hydrogens is 240 g/mol. The van der Waals surface area contributed by atoms with Gasteiger partial charge in [0, 0.05) is 31.5 Å². The maximum atomic E-state index is 9.53. The molecule has 110 valence electrons. The standard InChI is InChI=1S/C14H28N4O/c1-5-7-16-14(2,12-19)6-9-17(3)11-13-15-8-10-18(13)4/h8,10,16,19H,5-7,9,11-12H2,1-4H3. The molecule has 0 bridgehead atoms. The van der Waals surface area contributed by atoms with Gasteiger partial charge in [0.25, 0.3) is 0 Å². The number of imidazole rings is 1. The van der Waals surface area contributed by atoms with Crippen LogP contribution in [0.3, 0.4) is 0 Å². The van der Waals surface area contributed by atoms with Crippen LogP contribution in [0.2, 0.25) is 0 Å². The molecule has 1 heterocycles. The first kappa shape index (κ1) is 16.1. The lowest BCUT2D eigenvalue weighted by Gasteiger charge is -2.30. The Balaban J connectivity index is 2.39. The molecule has 1 aromatic rings. The Morgan fingerprint density at radius 2 is 2.26 bits per heavy atom. The van der Waals surface area contributed by atoms with E-state index in [2.05, 4.69) is 36.1 Å². The highest BCUT2D eigenvalue weighted by Crippen LogP contribution is 2.10. The highest BCUT2D eigenvalue weighted by Gasteiger charge is 2.22. The van der Waals surface area contributed by atoms with Crippen molar-refractivity contribution in [2.75, 3.05) is 26.7 Å². The molecule has 0 aliphatic heterocycles. The number of hydrogen-bond acceptors (Lipinski definition) is 4. The molecule has 0 spiro atoms. The number of aryl methyl sites for hydroxylation is 1. The third-order valence-corrected chi connectivity index (χ3v) is 3.53. The zero-order valence-corrected chi connectivity index (χ0v) is 12.7. The largest absolute Gasteiger partial charge is 0.394 e. The van der Waals surface area contributed by atoms with Gasteiger partial charge in [0.1, 0.15) is 5.82 Å². The maximum Gasteiger partial charge on any atom is 0.122 e. The summed E-state index contributed by atoms with van der Waals surface area (Å²) in [6.45, 7) is 7.10. The Morgan fingerprint density at radius 1 is 1.53 bits per heavy atom. The fourth-order valence-electron chi connectivity index (χ4n) is 1.96. The van der Waals surface area contributed by atoms with Gasteiger partial charge in [-0.1, -0.05) is 6.92 Å². The minimum Gasteiger partial charge on any atom is -0.394 e. The zero-order valence-electron chi connectivity index (χ0n) is 12.7. The fraction of sp³-hybridized carbons (Fsp3) is 0.786. The Kier molecular flexibility index (Phi) is 6.48. The summed E-state index contributed by atoms with van der Waals surface area (Å²) in [7, 11) is 4.10. The van der Waals surface area contributed by atoms with Gasteiger partial charge in [-0.3, -0.25) is 4.90 Å². The number of nitrogens with zero attached hydrogens (tertiary/aromatic N) is 3. The normalized spacial score (nSPS) is 14.8. The van der Waals surface area contributed by atoms with E-state index in [9.17, 15) is 5.11 Å². The third kappa shape index (κ3) is 5.30. The summed E-state index contributed by atoms with van der Waals surface area (Å²) in [6, 6.07) is 0. The molecule has 0 aliphatic rings. The number of aliphatic hydroxyl groups excluding tert-OH is 1. The maximum absolute atomic E-state index is 9.53. The van der Waals surface area contributed by atoms with E-state index in [4.69, 9.17) is 0 Å². The molecule has 0 amide bonds. The van der Waals surface area contributed by atoms with Gasteiger partial charge in [0.15, 0.2) is 0 Å².